The van der Waals surface area contributed by atoms with Crippen molar-refractivity contribution in [2.45, 2.75) is 40.4 Å². The molecule has 154 valence electrons. The van der Waals surface area contributed by atoms with Gasteiger partial charge in [0.05, 0.1) is 50.4 Å². The summed E-state index contributed by atoms with van der Waals surface area (Å²) in [6.07, 6.45) is 1.95. The van der Waals surface area contributed by atoms with Crippen LogP contribution in [0.4, 0.5) is 5.69 Å². The van der Waals surface area contributed by atoms with E-state index in [0.29, 0.717) is 28.2 Å². The minimum Gasteiger partial charge on any atom is -0.357 e. The van der Waals surface area contributed by atoms with E-state index in [9.17, 15) is 0 Å². The quantitative estimate of drug-likeness (QED) is 0.435. The molecule has 0 unspecified atom stereocenters. The molecule has 2 aromatic heterocycles. The SMILES string of the molecule is CCn1cc(Br)c(CNC(=S)Nc2c(C)nn(Cc3ccc(Cl)c(Cl)c3)c2C)n1. The molecule has 10 heteroatoms. The molecule has 0 saturated heterocycles. The van der Waals surface area contributed by atoms with E-state index in [0.717, 1.165) is 39.4 Å². The van der Waals surface area contributed by atoms with Crippen LogP contribution in [0.5, 0.6) is 0 Å². The molecule has 2 heterocycles. The Bertz CT molecular complexity index is 1050. The molecule has 0 aliphatic carbocycles. The number of rotatable bonds is 6. The average molecular weight is 516 g/mol. The van der Waals surface area contributed by atoms with Crippen molar-refractivity contribution in [2.24, 2.45) is 0 Å². The zero-order valence-electron chi connectivity index (χ0n) is 16.3. The molecule has 0 amide bonds. The third-order valence-corrected chi connectivity index (χ3v) is 6.11. The molecule has 0 atom stereocenters. The Hall–Kier alpha value is -1.61. The van der Waals surface area contributed by atoms with Crippen LogP contribution in [0.3, 0.4) is 0 Å². The van der Waals surface area contributed by atoms with E-state index in [1.165, 1.54) is 0 Å². The lowest BCUT2D eigenvalue weighted by Gasteiger charge is -2.11. The fourth-order valence-corrected chi connectivity index (χ4v) is 3.83. The van der Waals surface area contributed by atoms with E-state index >= 15 is 0 Å². The highest BCUT2D eigenvalue weighted by atomic mass is 79.9. The monoisotopic (exact) mass is 514 g/mol. The molecule has 29 heavy (non-hydrogen) atoms. The number of anilines is 1. The van der Waals surface area contributed by atoms with E-state index in [1.807, 2.05) is 48.5 Å². The molecule has 0 saturated carbocycles. The predicted molar refractivity (Wildman–Crippen MR) is 126 cm³/mol. The number of aryl methyl sites for hydroxylation is 2. The molecule has 0 radical (unpaired) electrons. The largest absolute Gasteiger partial charge is 0.357 e. The van der Waals surface area contributed by atoms with Crippen molar-refractivity contribution in [2.75, 3.05) is 5.32 Å². The highest BCUT2D eigenvalue weighted by Crippen LogP contribution is 2.25. The van der Waals surface area contributed by atoms with Crippen molar-refractivity contribution in [3.05, 3.63) is 61.6 Å². The summed E-state index contributed by atoms with van der Waals surface area (Å²) in [5.41, 5.74) is 4.66. The van der Waals surface area contributed by atoms with Gasteiger partial charge in [-0.1, -0.05) is 29.3 Å². The van der Waals surface area contributed by atoms with Gasteiger partial charge in [0.25, 0.3) is 0 Å². The molecule has 0 aliphatic rings. The molecule has 0 aliphatic heterocycles. The Morgan fingerprint density at radius 1 is 1.21 bits per heavy atom. The Kier molecular flexibility index (Phi) is 7.21. The third-order valence-electron chi connectivity index (χ3n) is 4.46. The van der Waals surface area contributed by atoms with Gasteiger partial charge >= 0.3 is 0 Å². The van der Waals surface area contributed by atoms with Crippen LogP contribution in [0.2, 0.25) is 10.0 Å². The van der Waals surface area contributed by atoms with Gasteiger partial charge in [-0.2, -0.15) is 10.2 Å². The molecule has 0 bridgehead atoms. The van der Waals surface area contributed by atoms with Gasteiger partial charge in [0, 0.05) is 12.7 Å². The lowest BCUT2D eigenvalue weighted by molar-refractivity contribution is 0.643. The van der Waals surface area contributed by atoms with Crippen LogP contribution in [0.15, 0.2) is 28.9 Å². The summed E-state index contributed by atoms with van der Waals surface area (Å²) in [6, 6.07) is 5.59. The zero-order valence-corrected chi connectivity index (χ0v) is 20.2. The summed E-state index contributed by atoms with van der Waals surface area (Å²) in [5, 5.41) is 17.2. The van der Waals surface area contributed by atoms with Gasteiger partial charge in [-0.15, -0.1) is 0 Å². The predicted octanol–water partition coefficient (Wildman–Crippen LogP) is 5.32. The van der Waals surface area contributed by atoms with Gasteiger partial charge < -0.3 is 10.6 Å². The van der Waals surface area contributed by atoms with E-state index in [-0.39, 0.29) is 0 Å². The number of hydrogen-bond donors (Lipinski definition) is 2. The number of benzene rings is 1. The van der Waals surface area contributed by atoms with Crippen LogP contribution in [-0.2, 0) is 19.6 Å². The average Bonchev–Trinajstić information content (AvgIpc) is 3.17. The van der Waals surface area contributed by atoms with Crippen molar-refractivity contribution in [1.82, 2.24) is 24.9 Å². The lowest BCUT2D eigenvalue weighted by atomic mass is 10.2. The van der Waals surface area contributed by atoms with Crippen molar-refractivity contribution >= 4 is 62.1 Å². The fraction of sp³-hybridized carbons (Fsp3) is 0.316. The summed E-state index contributed by atoms with van der Waals surface area (Å²) in [5.74, 6) is 0. The highest BCUT2D eigenvalue weighted by molar-refractivity contribution is 9.10. The van der Waals surface area contributed by atoms with Crippen LogP contribution in [0.1, 0.15) is 29.6 Å². The minimum absolute atomic E-state index is 0.517. The van der Waals surface area contributed by atoms with Crippen molar-refractivity contribution in [3.8, 4) is 0 Å². The van der Waals surface area contributed by atoms with E-state index in [1.54, 1.807) is 6.07 Å². The summed E-state index contributed by atoms with van der Waals surface area (Å²) in [6.45, 7) is 7.92. The summed E-state index contributed by atoms with van der Waals surface area (Å²) >= 11 is 21.1. The highest BCUT2D eigenvalue weighted by Gasteiger charge is 2.14. The molecular formula is C19H21BrCl2N6S. The van der Waals surface area contributed by atoms with Crippen LogP contribution in [0, 0.1) is 13.8 Å². The van der Waals surface area contributed by atoms with E-state index in [2.05, 4.69) is 36.8 Å². The van der Waals surface area contributed by atoms with Crippen LogP contribution >= 0.6 is 51.3 Å². The Morgan fingerprint density at radius 2 is 1.97 bits per heavy atom. The number of thiocarbonyl (C=S) groups is 1. The summed E-state index contributed by atoms with van der Waals surface area (Å²) in [7, 11) is 0. The maximum absolute atomic E-state index is 6.12. The summed E-state index contributed by atoms with van der Waals surface area (Å²) in [4.78, 5) is 0. The Morgan fingerprint density at radius 3 is 2.62 bits per heavy atom. The molecule has 0 fully saturated rings. The molecule has 2 N–H and O–H groups in total. The van der Waals surface area contributed by atoms with Gasteiger partial charge in [0.1, 0.15) is 0 Å². The number of halogens is 3. The first-order valence-corrected chi connectivity index (χ1v) is 11.0. The minimum atomic E-state index is 0.517. The first kappa shape index (κ1) is 22.1. The van der Waals surface area contributed by atoms with Crippen LogP contribution in [0.25, 0.3) is 0 Å². The zero-order chi connectivity index (χ0) is 21.1. The maximum Gasteiger partial charge on any atom is 0.171 e. The molecule has 6 nitrogen and oxygen atoms in total. The molecule has 3 rings (SSSR count). The van der Waals surface area contributed by atoms with Crippen LogP contribution in [-0.4, -0.2) is 24.7 Å². The normalized spacial score (nSPS) is 11.0. The molecule has 1 aromatic carbocycles. The molecule has 0 spiro atoms. The van der Waals surface area contributed by atoms with E-state index in [4.69, 9.17) is 35.4 Å². The molecular weight excluding hydrogens is 495 g/mol. The summed E-state index contributed by atoms with van der Waals surface area (Å²) < 4.78 is 4.75. The standard InChI is InChI=1S/C19H21BrCl2N6S/c1-4-27-10-14(20)17(26-27)8-23-19(29)24-18-11(2)25-28(12(18)3)9-13-5-6-15(21)16(22)7-13/h5-7,10H,4,8-9H2,1-3H3,(H2,23,24,29). The fourth-order valence-electron chi connectivity index (χ4n) is 2.88. The van der Waals surface area contributed by atoms with Gasteiger partial charge in [0.2, 0.25) is 0 Å². The van der Waals surface area contributed by atoms with Crippen molar-refractivity contribution in [1.29, 1.82) is 0 Å². The first-order chi connectivity index (χ1) is 13.8. The number of aromatic nitrogens is 4. The number of nitrogens with zero attached hydrogens (tertiary/aromatic N) is 4. The second-order valence-corrected chi connectivity index (χ2v) is 8.62. The topological polar surface area (TPSA) is 59.7 Å². The molecule has 3 aromatic rings. The first-order valence-electron chi connectivity index (χ1n) is 9.03. The van der Waals surface area contributed by atoms with Crippen molar-refractivity contribution in [3.63, 3.8) is 0 Å². The Balaban J connectivity index is 1.66. The number of nitrogens with one attached hydrogen (secondary N) is 2. The second kappa shape index (κ2) is 9.47. The smallest absolute Gasteiger partial charge is 0.171 e. The third kappa shape index (κ3) is 5.31. The number of hydrogen-bond acceptors (Lipinski definition) is 3. The van der Waals surface area contributed by atoms with Gasteiger partial charge in [-0.05, 0) is 66.6 Å². The van der Waals surface area contributed by atoms with Gasteiger partial charge in [-0.25, -0.2) is 0 Å². The Labute approximate surface area is 193 Å². The van der Waals surface area contributed by atoms with Crippen LogP contribution < -0.4 is 10.6 Å². The van der Waals surface area contributed by atoms with Gasteiger partial charge in [-0.3, -0.25) is 9.36 Å². The van der Waals surface area contributed by atoms with Crippen molar-refractivity contribution < 1.29 is 0 Å². The second-order valence-electron chi connectivity index (χ2n) is 6.54. The van der Waals surface area contributed by atoms with E-state index < -0.39 is 0 Å². The lowest BCUT2D eigenvalue weighted by Crippen LogP contribution is -2.28. The maximum atomic E-state index is 6.12. The van der Waals surface area contributed by atoms with Gasteiger partial charge in [0.15, 0.2) is 5.11 Å².